The molecule has 6 nitrogen and oxygen atoms in total. The van der Waals surface area contributed by atoms with E-state index < -0.39 is 5.97 Å². The minimum atomic E-state index is -1.04. The highest BCUT2D eigenvalue weighted by molar-refractivity contribution is 6.42. The second kappa shape index (κ2) is 9.69. The first-order valence-electron chi connectivity index (χ1n) is 11.8. The van der Waals surface area contributed by atoms with Crippen molar-refractivity contribution in [1.29, 1.82) is 0 Å². The molecule has 1 saturated carbocycles. The Morgan fingerprint density at radius 3 is 2.46 bits per heavy atom. The van der Waals surface area contributed by atoms with E-state index in [1.165, 1.54) is 6.08 Å². The Labute approximate surface area is 228 Å². The number of nitrogens with one attached hydrogen (secondary N) is 2. The predicted octanol–water partition coefficient (Wildman–Crippen LogP) is 7.29. The third-order valence-electron chi connectivity index (χ3n) is 7.21. The Balaban J connectivity index is 1.75. The van der Waals surface area contributed by atoms with Crippen molar-refractivity contribution in [2.75, 3.05) is 7.05 Å². The van der Waals surface area contributed by atoms with Crippen LogP contribution < -0.4 is 5.32 Å². The van der Waals surface area contributed by atoms with E-state index in [1.54, 1.807) is 35.2 Å². The van der Waals surface area contributed by atoms with Crippen molar-refractivity contribution >= 4 is 63.7 Å². The van der Waals surface area contributed by atoms with Gasteiger partial charge in [0.2, 0.25) is 0 Å². The van der Waals surface area contributed by atoms with Gasteiger partial charge in [-0.05, 0) is 68.6 Å². The highest BCUT2D eigenvalue weighted by atomic mass is 35.5. The normalized spacial score (nSPS) is 14.8. The van der Waals surface area contributed by atoms with Gasteiger partial charge in [0.1, 0.15) is 0 Å². The van der Waals surface area contributed by atoms with Gasteiger partial charge in [0, 0.05) is 45.7 Å². The maximum Gasteiger partial charge on any atom is 0.328 e. The lowest BCUT2D eigenvalue weighted by atomic mass is 9.73. The Morgan fingerprint density at radius 1 is 1.16 bits per heavy atom. The molecule has 1 aliphatic carbocycles. The molecule has 0 bridgehead atoms. The van der Waals surface area contributed by atoms with Crippen molar-refractivity contribution in [2.45, 2.75) is 31.7 Å². The number of carbonyl (C=O) groups is 2. The van der Waals surface area contributed by atoms with Crippen molar-refractivity contribution < 1.29 is 14.7 Å². The van der Waals surface area contributed by atoms with Gasteiger partial charge in [-0.25, -0.2) is 4.79 Å². The summed E-state index contributed by atoms with van der Waals surface area (Å²) in [5, 5.41) is 14.4. The zero-order valence-corrected chi connectivity index (χ0v) is 22.4. The first-order chi connectivity index (χ1) is 17.7. The molecule has 0 atom stereocenters. The smallest absolute Gasteiger partial charge is 0.328 e. The van der Waals surface area contributed by atoms with Gasteiger partial charge in [-0.2, -0.15) is 0 Å². The molecule has 0 saturated heterocycles. The molecule has 2 aromatic carbocycles. The number of fused-ring (bicyclic) bond motifs is 1. The number of rotatable bonds is 6. The molecule has 4 aromatic rings. The van der Waals surface area contributed by atoms with E-state index in [2.05, 4.69) is 10.3 Å². The van der Waals surface area contributed by atoms with Crippen molar-refractivity contribution in [2.24, 2.45) is 0 Å². The monoisotopic (exact) mass is 555 g/mol. The van der Waals surface area contributed by atoms with E-state index in [4.69, 9.17) is 39.9 Å². The summed E-state index contributed by atoms with van der Waals surface area (Å²) in [7, 11) is 1.90. The number of nitrogens with zero attached hydrogens (tertiary/aromatic N) is 1. The molecule has 9 heteroatoms. The summed E-state index contributed by atoms with van der Waals surface area (Å²) in [5.41, 5.74) is 4.25. The number of halogens is 3. The third kappa shape index (κ3) is 4.28. The lowest BCUT2D eigenvalue weighted by molar-refractivity contribution is -0.131. The van der Waals surface area contributed by atoms with Gasteiger partial charge in [-0.1, -0.05) is 46.9 Å². The minimum Gasteiger partial charge on any atom is -0.478 e. The summed E-state index contributed by atoms with van der Waals surface area (Å²) in [4.78, 5) is 28.9. The van der Waals surface area contributed by atoms with Gasteiger partial charge in [0.05, 0.1) is 26.7 Å². The fourth-order valence-corrected chi connectivity index (χ4v) is 6.30. The number of H-pyrrole nitrogens is 1. The summed E-state index contributed by atoms with van der Waals surface area (Å²) >= 11 is 19.4. The lowest BCUT2D eigenvalue weighted by Gasteiger charge is -2.41. The van der Waals surface area contributed by atoms with Crippen molar-refractivity contribution in [3.63, 3.8) is 0 Å². The lowest BCUT2D eigenvalue weighted by Crippen LogP contribution is -2.47. The second-order valence-electron chi connectivity index (χ2n) is 9.28. The number of hydrogen-bond donors (Lipinski definition) is 3. The maximum atomic E-state index is 14.4. The average molecular weight is 557 g/mol. The fraction of sp³-hybridized carbons (Fsp3) is 0.214. The summed E-state index contributed by atoms with van der Waals surface area (Å²) in [6, 6.07) is 8.70. The van der Waals surface area contributed by atoms with Gasteiger partial charge in [0.15, 0.2) is 0 Å². The molecule has 2 aromatic heterocycles. The van der Waals surface area contributed by atoms with Crippen LogP contribution in [0.3, 0.4) is 0 Å². The fourth-order valence-electron chi connectivity index (χ4n) is 5.28. The Morgan fingerprint density at radius 2 is 1.86 bits per heavy atom. The molecule has 0 amide bonds. The largest absolute Gasteiger partial charge is 0.478 e. The van der Waals surface area contributed by atoms with Crippen LogP contribution in [0, 0.1) is 6.92 Å². The molecule has 1 aliphatic rings. The molecule has 3 N–H and O–H groups in total. The standard InChI is InChI=1S/C28H24Cl3N3O3/c1-15-14-34(21-6-3-5-16(23(15)21)7-8-22(35)36)27(37)25-18(24-19(30)11-17(29)12-20(24)31)13-33-26(25)28(32-2)9-4-10-28/h3,5-8,11-14,32-33H,4,9-10H2,1-2H3,(H,35,36)/b8-7+. The van der Waals surface area contributed by atoms with E-state index in [0.29, 0.717) is 42.8 Å². The molecule has 0 aliphatic heterocycles. The van der Waals surface area contributed by atoms with E-state index in [0.717, 1.165) is 42.0 Å². The molecule has 2 heterocycles. The maximum absolute atomic E-state index is 14.4. The number of aromatic amines is 1. The van der Waals surface area contributed by atoms with E-state index >= 15 is 0 Å². The van der Waals surface area contributed by atoms with Crippen LogP contribution in [0.1, 0.15) is 46.4 Å². The van der Waals surface area contributed by atoms with Crippen LogP contribution in [0.5, 0.6) is 0 Å². The van der Waals surface area contributed by atoms with Gasteiger partial charge in [-0.3, -0.25) is 9.36 Å². The van der Waals surface area contributed by atoms with Crippen LogP contribution in [0.2, 0.25) is 15.1 Å². The molecule has 37 heavy (non-hydrogen) atoms. The zero-order valence-electron chi connectivity index (χ0n) is 20.2. The Kier molecular flexibility index (Phi) is 6.71. The number of aryl methyl sites for hydroxylation is 1. The van der Waals surface area contributed by atoms with Crippen LogP contribution in [-0.2, 0) is 10.3 Å². The molecule has 0 unspecified atom stereocenters. The molecule has 0 spiro atoms. The number of aromatic nitrogens is 2. The van der Waals surface area contributed by atoms with Crippen LogP contribution in [0.4, 0.5) is 0 Å². The number of benzene rings is 2. The van der Waals surface area contributed by atoms with Crippen molar-refractivity contribution in [1.82, 2.24) is 14.9 Å². The molecule has 1 fully saturated rings. The first kappa shape index (κ1) is 25.6. The van der Waals surface area contributed by atoms with E-state index in [1.807, 2.05) is 26.1 Å². The van der Waals surface area contributed by atoms with E-state index in [-0.39, 0.29) is 11.4 Å². The second-order valence-corrected chi connectivity index (χ2v) is 10.5. The molecule has 190 valence electrons. The summed E-state index contributed by atoms with van der Waals surface area (Å²) in [5.74, 6) is -1.28. The molecular weight excluding hydrogens is 533 g/mol. The Hall–Kier alpha value is -3.03. The van der Waals surface area contributed by atoms with Crippen LogP contribution >= 0.6 is 34.8 Å². The van der Waals surface area contributed by atoms with Gasteiger partial charge in [-0.15, -0.1) is 0 Å². The highest BCUT2D eigenvalue weighted by Gasteiger charge is 2.42. The number of carboxylic acid groups (broad SMARTS) is 1. The predicted molar refractivity (Wildman–Crippen MR) is 149 cm³/mol. The van der Waals surface area contributed by atoms with Crippen molar-refractivity contribution in [3.05, 3.63) is 86.3 Å². The third-order valence-corrected chi connectivity index (χ3v) is 8.02. The summed E-state index contributed by atoms with van der Waals surface area (Å²) in [6.07, 6.45) is 8.98. The number of aliphatic carboxylic acids is 1. The summed E-state index contributed by atoms with van der Waals surface area (Å²) in [6.45, 7) is 1.90. The number of hydrogen-bond acceptors (Lipinski definition) is 3. The SMILES string of the molecule is CNC1(c2[nH]cc(-c3c(Cl)cc(Cl)cc3Cl)c2C(=O)n2cc(C)c3c(/C=C/C(=O)O)cccc32)CCC1. The van der Waals surface area contributed by atoms with Gasteiger partial charge >= 0.3 is 5.97 Å². The van der Waals surface area contributed by atoms with Gasteiger partial charge in [0.25, 0.3) is 5.91 Å². The molecular formula is C28H24Cl3N3O3. The van der Waals surface area contributed by atoms with Gasteiger partial charge < -0.3 is 15.4 Å². The number of carbonyl (C=O) groups excluding carboxylic acids is 1. The number of carboxylic acids is 1. The molecule has 0 radical (unpaired) electrons. The van der Waals surface area contributed by atoms with Crippen LogP contribution in [-0.4, -0.2) is 33.6 Å². The van der Waals surface area contributed by atoms with Crippen molar-refractivity contribution in [3.8, 4) is 11.1 Å². The van der Waals surface area contributed by atoms with Crippen LogP contribution in [0.25, 0.3) is 28.1 Å². The summed E-state index contributed by atoms with van der Waals surface area (Å²) < 4.78 is 1.61. The minimum absolute atomic E-state index is 0.243. The highest BCUT2D eigenvalue weighted by Crippen LogP contribution is 2.47. The quantitative estimate of drug-likeness (QED) is 0.218. The zero-order chi connectivity index (χ0) is 26.5. The molecule has 5 rings (SSSR count). The van der Waals surface area contributed by atoms with Crippen LogP contribution in [0.15, 0.2) is 48.8 Å². The first-order valence-corrected chi connectivity index (χ1v) is 12.9. The topological polar surface area (TPSA) is 87.1 Å². The Bertz CT molecular complexity index is 1570. The average Bonchev–Trinajstić information content (AvgIpc) is 3.39. The van der Waals surface area contributed by atoms with E-state index in [9.17, 15) is 9.59 Å².